The molecular weight excluding hydrogens is 310 g/mol. The minimum absolute atomic E-state index is 0.0189. The molecule has 0 aromatic heterocycles. The molecule has 0 saturated carbocycles. The molecule has 1 atom stereocenters. The largest absolute Gasteiger partial charge is 0.379 e. The van der Waals surface area contributed by atoms with Crippen molar-refractivity contribution in [2.75, 3.05) is 51.0 Å². The Labute approximate surface area is 142 Å². The second kappa shape index (κ2) is 7.55. The highest BCUT2D eigenvalue weighted by Crippen LogP contribution is 2.29. The molecule has 5 nitrogen and oxygen atoms in total. The van der Waals surface area contributed by atoms with Gasteiger partial charge in [-0.1, -0.05) is 12.1 Å². The van der Waals surface area contributed by atoms with Crippen molar-refractivity contribution in [3.63, 3.8) is 0 Å². The van der Waals surface area contributed by atoms with E-state index >= 15 is 0 Å². The SMILES string of the molecule is CSc1cccc(C)c1NC(=O)N1CC[C@@H](N2CCOCC2)C1. The Kier molecular flexibility index (Phi) is 5.46. The zero-order valence-electron chi connectivity index (χ0n) is 13.9. The first-order valence-corrected chi connectivity index (χ1v) is 9.43. The standard InChI is InChI=1S/C17H25N3O2S/c1-13-4-3-5-15(23-2)16(13)18-17(21)20-7-6-14(12-20)19-8-10-22-11-9-19/h3-5,14H,6-12H2,1-2H3,(H,18,21)/t14-/m1/s1. The average Bonchev–Trinajstić information content (AvgIpc) is 3.07. The number of likely N-dealkylation sites (tertiary alicyclic amines) is 1. The number of urea groups is 1. The number of nitrogens with zero attached hydrogens (tertiary/aromatic N) is 2. The molecule has 2 aliphatic heterocycles. The van der Waals surface area contributed by atoms with Crippen LogP contribution in [0.3, 0.4) is 0 Å². The van der Waals surface area contributed by atoms with Gasteiger partial charge >= 0.3 is 6.03 Å². The molecule has 0 bridgehead atoms. The van der Waals surface area contributed by atoms with E-state index in [0.717, 1.165) is 62.0 Å². The van der Waals surface area contributed by atoms with Crippen molar-refractivity contribution in [1.82, 2.24) is 9.80 Å². The smallest absolute Gasteiger partial charge is 0.321 e. The summed E-state index contributed by atoms with van der Waals surface area (Å²) >= 11 is 1.66. The van der Waals surface area contributed by atoms with Crippen LogP contribution in [0.2, 0.25) is 0 Å². The van der Waals surface area contributed by atoms with Crippen molar-refractivity contribution in [3.05, 3.63) is 23.8 Å². The fourth-order valence-electron chi connectivity index (χ4n) is 3.32. The maximum atomic E-state index is 12.6. The van der Waals surface area contributed by atoms with Gasteiger partial charge in [0.25, 0.3) is 0 Å². The van der Waals surface area contributed by atoms with Gasteiger partial charge in [-0.2, -0.15) is 0 Å². The summed E-state index contributed by atoms with van der Waals surface area (Å²) in [6, 6.07) is 6.61. The number of morpholine rings is 1. The molecule has 2 amide bonds. The van der Waals surface area contributed by atoms with Gasteiger partial charge in [-0.15, -0.1) is 11.8 Å². The Balaban J connectivity index is 1.61. The van der Waals surface area contributed by atoms with Crippen LogP contribution in [0.1, 0.15) is 12.0 Å². The van der Waals surface area contributed by atoms with Crippen LogP contribution in [0.4, 0.5) is 10.5 Å². The molecule has 2 heterocycles. The van der Waals surface area contributed by atoms with Gasteiger partial charge in [-0.25, -0.2) is 4.79 Å². The number of anilines is 1. The van der Waals surface area contributed by atoms with Crippen LogP contribution in [0, 0.1) is 6.92 Å². The Morgan fingerprint density at radius 3 is 2.83 bits per heavy atom. The monoisotopic (exact) mass is 335 g/mol. The molecule has 0 unspecified atom stereocenters. The number of amides is 2. The quantitative estimate of drug-likeness (QED) is 0.863. The summed E-state index contributed by atoms with van der Waals surface area (Å²) in [7, 11) is 0. The van der Waals surface area contributed by atoms with Gasteiger partial charge in [0.1, 0.15) is 0 Å². The molecule has 3 rings (SSSR count). The number of thioether (sulfide) groups is 1. The third-order valence-corrected chi connectivity index (χ3v) is 5.48. The number of benzene rings is 1. The van der Waals surface area contributed by atoms with E-state index in [4.69, 9.17) is 4.74 Å². The van der Waals surface area contributed by atoms with Gasteiger partial charge in [0, 0.05) is 37.1 Å². The molecule has 2 fully saturated rings. The first-order valence-electron chi connectivity index (χ1n) is 8.20. The minimum atomic E-state index is 0.0189. The van der Waals surface area contributed by atoms with Gasteiger partial charge < -0.3 is 15.0 Å². The summed E-state index contributed by atoms with van der Waals surface area (Å²) in [5.41, 5.74) is 2.05. The summed E-state index contributed by atoms with van der Waals surface area (Å²) in [6.07, 6.45) is 3.09. The maximum absolute atomic E-state index is 12.6. The maximum Gasteiger partial charge on any atom is 0.321 e. The van der Waals surface area contributed by atoms with Crippen molar-refractivity contribution in [1.29, 1.82) is 0 Å². The molecule has 1 aromatic carbocycles. The number of hydrogen-bond acceptors (Lipinski definition) is 4. The third-order valence-electron chi connectivity index (χ3n) is 4.70. The molecule has 1 aromatic rings. The first kappa shape index (κ1) is 16.6. The molecule has 1 N–H and O–H groups in total. The predicted octanol–water partition coefficient (Wildman–Crippen LogP) is 2.66. The molecule has 0 spiro atoms. The predicted molar refractivity (Wildman–Crippen MR) is 94.3 cm³/mol. The number of ether oxygens (including phenoxy) is 1. The van der Waals surface area contributed by atoms with Gasteiger partial charge in [-0.3, -0.25) is 4.90 Å². The van der Waals surface area contributed by atoms with E-state index in [1.54, 1.807) is 11.8 Å². The third kappa shape index (κ3) is 3.82. The van der Waals surface area contributed by atoms with Gasteiger partial charge in [0.2, 0.25) is 0 Å². The van der Waals surface area contributed by atoms with Crippen LogP contribution < -0.4 is 5.32 Å². The Bertz CT molecular complexity index is 561. The topological polar surface area (TPSA) is 44.8 Å². The molecule has 2 aliphatic rings. The number of carbonyl (C=O) groups is 1. The van der Waals surface area contributed by atoms with E-state index in [1.165, 1.54) is 0 Å². The zero-order valence-corrected chi connectivity index (χ0v) is 14.7. The lowest BCUT2D eigenvalue weighted by Gasteiger charge is -2.32. The van der Waals surface area contributed by atoms with Crippen molar-refractivity contribution in [3.8, 4) is 0 Å². The van der Waals surface area contributed by atoms with Crippen molar-refractivity contribution in [2.45, 2.75) is 24.3 Å². The molecule has 126 valence electrons. The fourth-order valence-corrected chi connectivity index (χ4v) is 3.95. The number of aryl methyl sites for hydroxylation is 1. The highest BCUT2D eigenvalue weighted by atomic mass is 32.2. The van der Waals surface area contributed by atoms with E-state index < -0.39 is 0 Å². The summed E-state index contributed by atoms with van der Waals surface area (Å²) in [5.74, 6) is 0. The normalized spacial score (nSPS) is 22.3. The summed E-state index contributed by atoms with van der Waals surface area (Å²) in [5, 5.41) is 3.12. The summed E-state index contributed by atoms with van der Waals surface area (Å²) < 4.78 is 5.41. The second-order valence-electron chi connectivity index (χ2n) is 6.12. The van der Waals surface area contributed by atoms with E-state index in [-0.39, 0.29) is 6.03 Å². The lowest BCUT2D eigenvalue weighted by atomic mass is 10.2. The van der Waals surface area contributed by atoms with Crippen LogP contribution in [-0.4, -0.2) is 67.5 Å². The van der Waals surface area contributed by atoms with Crippen LogP contribution >= 0.6 is 11.8 Å². The molecule has 23 heavy (non-hydrogen) atoms. The fraction of sp³-hybridized carbons (Fsp3) is 0.588. The van der Waals surface area contributed by atoms with Gasteiger partial charge in [0.05, 0.1) is 18.9 Å². The second-order valence-corrected chi connectivity index (χ2v) is 6.97. The van der Waals surface area contributed by atoms with Crippen molar-refractivity contribution >= 4 is 23.5 Å². The van der Waals surface area contributed by atoms with E-state index in [1.807, 2.05) is 36.3 Å². The van der Waals surface area contributed by atoms with Crippen molar-refractivity contribution < 1.29 is 9.53 Å². The Morgan fingerprint density at radius 2 is 2.09 bits per heavy atom. The number of rotatable bonds is 3. The Morgan fingerprint density at radius 1 is 1.30 bits per heavy atom. The number of carbonyl (C=O) groups excluding carboxylic acids is 1. The van der Waals surface area contributed by atoms with Gasteiger partial charge in [-0.05, 0) is 31.2 Å². The average molecular weight is 335 g/mol. The van der Waals surface area contributed by atoms with Crippen LogP contribution in [0.5, 0.6) is 0 Å². The lowest BCUT2D eigenvalue weighted by Crippen LogP contribution is -2.45. The van der Waals surface area contributed by atoms with E-state index in [2.05, 4.69) is 10.2 Å². The summed E-state index contributed by atoms with van der Waals surface area (Å²) in [4.78, 5) is 18.1. The van der Waals surface area contributed by atoms with Gasteiger partial charge in [0.15, 0.2) is 0 Å². The first-order chi connectivity index (χ1) is 11.2. The number of nitrogens with one attached hydrogen (secondary N) is 1. The van der Waals surface area contributed by atoms with Crippen LogP contribution in [0.15, 0.2) is 23.1 Å². The lowest BCUT2D eigenvalue weighted by molar-refractivity contribution is 0.0192. The molecule has 0 radical (unpaired) electrons. The minimum Gasteiger partial charge on any atom is -0.379 e. The zero-order chi connectivity index (χ0) is 16.2. The molecule has 6 heteroatoms. The molecular formula is C17H25N3O2S. The van der Waals surface area contributed by atoms with Crippen LogP contribution in [-0.2, 0) is 4.74 Å². The molecule has 2 saturated heterocycles. The van der Waals surface area contributed by atoms with E-state index in [0.29, 0.717) is 6.04 Å². The Hall–Kier alpha value is -1.24. The van der Waals surface area contributed by atoms with Crippen molar-refractivity contribution in [2.24, 2.45) is 0 Å². The van der Waals surface area contributed by atoms with E-state index in [9.17, 15) is 4.79 Å². The summed E-state index contributed by atoms with van der Waals surface area (Å²) in [6.45, 7) is 7.26. The molecule has 0 aliphatic carbocycles. The number of para-hydroxylation sites is 1. The highest BCUT2D eigenvalue weighted by molar-refractivity contribution is 7.98. The highest BCUT2D eigenvalue weighted by Gasteiger charge is 2.31. The number of hydrogen-bond donors (Lipinski definition) is 1. The van der Waals surface area contributed by atoms with Crippen LogP contribution in [0.25, 0.3) is 0 Å².